The zero-order valence-electron chi connectivity index (χ0n) is 18.7. The third-order valence-electron chi connectivity index (χ3n) is 4.77. The first-order chi connectivity index (χ1) is 15.3. The quantitative estimate of drug-likeness (QED) is 0.351. The van der Waals surface area contributed by atoms with Gasteiger partial charge in [0.05, 0.1) is 12.2 Å². The Hall–Kier alpha value is -3.45. The van der Waals surface area contributed by atoms with E-state index in [1.807, 2.05) is 30.3 Å². The van der Waals surface area contributed by atoms with E-state index in [0.717, 1.165) is 11.3 Å². The van der Waals surface area contributed by atoms with Crippen LogP contribution in [0.15, 0.2) is 59.1 Å². The molecule has 0 spiro atoms. The highest BCUT2D eigenvalue weighted by atomic mass is 16.5. The number of Topliss-reactive ketones (excluding diaryl/α,β-unsaturated/α-hetero) is 1. The van der Waals surface area contributed by atoms with Crippen LogP contribution in [-0.4, -0.2) is 43.8 Å². The Balaban J connectivity index is 1.68. The number of ketones is 1. The number of aromatic nitrogens is 1. The van der Waals surface area contributed by atoms with E-state index in [9.17, 15) is 9.59 Å². The molecule has 0 aliphatic carbocycles. The van der Waals surface area contributed by atoms with Gasteiger partial charge in [0.1, 0.15) is 18.1 Å². The van der Waals surface area contributed by atoms with Gasteiger partial charge in [-0.3, -0.25) is 4.79 Å². The molecule has 1 aromatic heterocycles. The van der Waals surface area contributed by atoms with E-state index < -0.39 is 11.4 Å². The standard InChI is InChI=1S/C25H27NO6/c1-25(2,3)23(27)16-31-24(28)19-7-5-6-18(14-19)22-15-21(26-32-22)17-8-10-20(11-9-17)30-13-12-29-4/h5-11,14-15H,12-13,16H2,1-4H3. The van der Waals surface area contributed by atoms with Crippen LogP contribution in [0.1, 0.15) is 31.1 Å². The third kappa shape index (κ3) is 6.04. The Morgan fingerprint density at radius 1 is 0.969 bits per heavy atom. The molecule has 1 heterocycles. The summed E-state index contributed by atoms with van der Waals surface area (Å²) in [5, 5.41) is 4.13. The van der Waals surface area contributed by atoms with Crippen molar-refractivity contribution in [2.45, 2.75) is 20.8 Å². The average Bonchev–Trinajstić information content (AvgIpc) is 3.27. The summed E-state index contributed by atoms with van der Waals surface area (Å²) >= 11 is 0. The van der Waals surface area contributed by atoms with Gasteiger partial charge in [0.2, 0.25) is 0 Å². The first kappa shape index (κ1) is 23.2. The van der Waals surface area contributed by atoms with E-state index in [1.54, 1.807) is 52.1 Å². The number of rotatable bonds is 9. The Kier molecular flexibility index (Phi) is 7.43. The summed E-state index contributed by atoms with van der Waals surface area (Å²) < 4.78 is 21.2. The fourth-order valence-corrected chi connectivity index (χ4v) is 2.74. The van der Waals surface area contributed by atoms with Crippen LogP contribution in [0, 0.1) is 5.41 Å². The molecule has 0 saturated carbocycles. The highest BCUT2D eigenvalue weighted by Gasteiger charge is 2.23. The van der Waals surface area contributed by atoms with Gasteiger partial charge in [-0.15, -0.1) is 0 Å². The van der Waals surface area contributed by atoms with Gasteiger partial charge < -0.3 is 18.7 Å². The predicted molar refractivity (Wildman–Crippen MR) is 119 cm³/mol. The maximum Gasteiger partial charge on any atom is 0.338 e. The summed E-state index contributed by atoms with van der Waals surface area (Å²) in [6.45, 7) is 6.10. The predicted octanol–water partition coefficient (Wildman–Crippen LogP) is 4.81. The van der Waals surface area contributed by atoms with Gasteiger partial charge in [-0.05, 0) is 36.4 Å². The highest BCUT2D eigenvalue weighted by molar-refractivity contribution is 5.93. The topological polar surface area (TPSA) is 87.9 Å². The molecule has 0 aliphatic heterocycles. The molecule has 2 aromatic carbocycles. The van der Waals surface area contributed by atoms with Gasteiger partial charge in [-0.25, -0.2) is 4.79 Å². The van der Waals surface area contributed by atoms with Crippen LogP contribution in [0.3, 0.4) is 0 Å². The van der Waals surface area contributed by atoms with Gasteiger partial charge in [0, 0.05) is 29.7 Å². The molecular formula is C25H27NO6. The molecule has 0 amide bonds. The van der Waals surface area contributed by atoms with Crippen LogP contribution in [0.25, 0.3) is 22.6 Å². The number of hydrogen-bond donors (Lipinski definition) is 0. The van der Waals surface area contributed by atoms with Crippen molar-refractivity contribution < 1.29 is 28.3 Å². The lowest BCUT2D eigenvalue weighted by Crippen LogP contribution is -2.26. The van der Waals surface area contributed by atoms with Gasteiger partial charge in [0.15, 0.2) is 18.2 Å². The lowest BCUT2D eigenvalue weighted by Gasteiger charge is -2.16. The molecular weight excluding hydrogens is 410 g/mol. The first-order valence-corrected chi connectivity index (χ1v) is 10.3. The second-order valence-corrected chi connectivity index (χ2v) is 8.27. The van der Waals surface area contributed by atoms with Crippen LogP contribution in [0.4, 0.5) is 0 Å². The largest absolute Gasteiger partial charge is 0.491 e. The highest BCUT2D eigenvalue weighted by Crippen LogP contribution is 2.28. The number of ether oxygens (including phenoxy) is 3. The van der Waals surface area contributed by atoms with Crippen molar-refractivity contribution >= 4 is 11.8 Å². The summed E-state index contributed by atoms with van der Waals surface area (Å²) in [5.74, 6) is 0.553. The molecule has 3 rings (SSSR count). The smallest absolute Gasteiger partial charge is 0.338 e. The minimum absolute atomic E-state index is 0.142. The van der Waals surface area contributed by atoms with E-state index in [0.29, 0.717) is 35.8 Å². The van der Waals surface area contributed by atoms with Crippen molar-refractivity contribution in [3.8, 4) is 28.3 Å². The van der Waals surface area contributed by atoms with Crippen molar-refractivity contribution in [1.29, 1.82) is 0 Å². The molecule has 0 atom stereocenters. The number of esters is 1. The van der Waals surface area contributed by atoms with E-state index in [-0.39, 0.29) is 12.4 Å². The first-order valence-electron chi connectivity index (χ1n) is 10.3. The molecule has 168 valence electrons. The van der Waals surface area contributed by atoms with Gasteiger partial charge >= 0.3 is 5.97 Å². The number of carbonyl (C=O) groups excluding carboxylic acids is 2. The van der Waals surface area contributed by atoms with E-state index in [1.165, 1.54) is 0 Å². The van der Waals surface area contributed by atoms with E-state index in [2.05, 4.69) is 5.16 Å². The molecule has 0 fully saturated rings. The SMILES string of the molecule is COCCOc1ccc(-c2cc(-c3cccc(C(=O)OCC(=O)C(C)(C)C)c3)on2)cc1. The van der Waals surface area contributed by atoms with Gasteiger partial charge in [-0.2, -0.15) is 0 Å². The summed E-state index contributed by atoms with van der Waals surface area (Å²) in [4.78, 5) is 24.4. The molecule has 32 heavy (non-hydrogen) atoms. The fraction of sp³-hybridized carbons (Fsp3) is 0.320. The van der Waals surface area contributed by atoms with Crippen molar-refractivity contribution in [3.05, 3.63) is 60.2 Å². The summed E-state index contributed by atoms with van der Waals surface area (Å²) in [6, 6.07) is 16.1. The molecule has 3 aromatic rings. The Morgan fingerprint density at radius 3 is 2.41 bits per heavy atom. The van der Waals surface area contributed by atoms with Crippen molar-refractivity contribution in [2.75, 3.05) is 26.9 Å². The number of benzene rings is 2. The number of nitrogens with zero attached hydrogens (tertiary/aromatic N) is 1. The Morgan fingerprint density at radius 2 is 1.72 bits per heavy atom. The molecule has 0 saturated heterocycles. The van der Waals surface area contributed by atoms with Crippen LogP contribution in [0.2, 0.25) is 0 Å². The van der Waals surface area contributed by atoms with Crippen LogP contribution < -0.4 is 4.74 Å². The van der Waals surface area contributed by atoms with Crippen molar-refractivity contribution in [3.63, 3.8) is 0 Å². The monoisotopic (exact) mass is 437 g/mol. The normalized spacial score (nSPS) is 11.2. The molecule has 0 N–H and O–H groups in total. The Bertz CT molecular complexity index is 1060. The van der Waals surface area contributed by atoms with Crippen molar-refractivity contribution in [1.82, 2.24) is 5.16 Å². The Labute approximate surface area is 187 Å². The van der Waals surface area contributed by atoms with Crippen molar-refractivity contribution in [2.24, 2.45) is 5.41 Å². The van der Waals surface area contributed by atoms with E-state index in [4.69, 9.17) is 18.7 Å². The zero-order valence-corrected chi connectivity index (χ0v) is 18.7. The molecule has 7 nitrogen and oxygen atoms in total. The second kappa shape index (κ2) is 10.2. The van der Waals surface area contributed by atoms with Crippen LogP contribution in [0.5, 0.6) is 5.75 Å². The van der Waals surface area contributed by atoms with Crippen LogP contribution in [-0.2, 0) is 14.3 Å². The summed E-state index contributed by atoms with van der Waals surface area (Å²) in [5.41, 5.74) is 1.98. The van der Waals surface area contributed by atoms with E-state index >= 15 is 0 Å². The van der Waals surface area contributed by atoms with Gasteiger partial charge in [-0.1, -0.05) is 38.1 Å². The maximum atomic E-state index is 12.4. The lowest BCUT2D eigenvalue weighted by atomic mass is 9.91. The molecule has 0 bridgehead atoms. The third-order valence-corrected chi connectivity index (χ3v) is 4.77. The molecule has 0 radical (unpaired) electrons. The number of carbonyl (C=O) groups is 2. The second-order valence-electron chi connectivity index (χ2n) is 8.27. The minimum atomic E-state index is -0.563. The summed E-state index contributed by atoms with van der Waals surface area (Å²) in [6.07, 6.45) is 0. The maximum absolute atomic E-state index is 12.4. The summed E-state index contributed by atoms with van der Waals surface area (Å²) in [7, 11) is 1.63. The number of hydrogen-bond acceptors (Lipinski definition) is 7. The van der Waals surface area contributed by atoms with Gasteiger partial charge in [0.25, 0.3) is 0 Å². The van der Waals surface area contributed by atoms with Crippen LogP contribution >= 0.6 is 0 Å². The molecule has 0 aliphatic rings. The molecule has 0 unspecified atom stereocenters. The fourth-order valence-electron chi connectivity index (χ4n) is 2.74. The molecule has 7 heteroatoms. The lowest BCUT2D eigenvalue weighted by molar-refractivity contribution is -0.129. The number of methoxy groups -OCH3 is 1. The average molecular weight is 437 g/mol. The zero-order chi connectivity index (χ0) is 23.1. The minimum Gasteiger partial charge on any atom is -0.491 e.